The van der Waals surface area contributed by atoms with Crippen LogP contribution < -0.4 is 10.1 Å². The van der Waals surface area contributed by atoms with Crippen molar-refractivity contribution in [2.45, 2.75) is 44.8 Å². The number of hydrogen-bond donors (Lipinski definition) is 1. The van der Waals surface area contributed by atoms with Crippen LogP contribution in [0.2, 0.25) is 0 Å². The van der Waals surface area contributed by atoms with Crippen molar-refractivity contribution in [3.63, 3.8) is 0 Å². The van der Waals surface area contributed by atoms with Gasteiger partial charge in [-0.05, 0) is 43.4 Å². The molecule has 6 nitrogen and oxygen atoms in total. The Kier molecular flexibility index (Phi) is 6.14. The van der Waals surface area contributed by atoms with Crippen molar-refractivity contribution in [1.82, 2.24) is 10.2 Å². The molecule has 2 atom stereocenters. The Morgan fingerprint density at radius 2 is 2.15 bits per heavy atom. The summed E-state index contributed by atoms with van der Waals surface area (Å²) >= 11 is 0. The van der Waals surface area contributed by atoms with Crippen LogP contribution in [-0.2, 0) is 22.3 Å². The van der Waals surface area contributed by atoms with Crippen molar-refractivity contribution in [3.05, 3.63) is 29.3 Å². The summed E-state index contributed by atoms with van der Waals surface area (Å²) in [7, 11) is 0. The van der Waals surface area contributed by atoms with Crippen molar-refractivity contribution in [1.29, 1.82) is 0 Å². The number of hydrogen-bond acceptors (Lipinski definition) is 4. The molecule has 3 aliphatic heterocycles. The molecule has 0 bridgehead atoms. The average Bonchev–Trinajstić information content (AvgIpc) is 3.39. The number of nitrogens with one attached hydrogen (secondary N) is 1. The SMILES string of the molecule is CCNC(=NCCc1ccc2c(c1)CCO2)N1CCOC(C2CCCO2)C1. The van der Waals surface area contributed by atoms with Gasteiger partial charge in [0.05, 0.1) is 19.3 Å². The van der Waals surface area contributed by atoms with Crippen LogP contribution in [0.4, 0.5) is 0 Å². The fourth-order valence-electron chi connectivity index (χ4n) is 4.10. The number of ether oxygens (including phenoxy) is 3. The van der Waals surface area contributed by atoms with Crippen LogP contribution in [0, 0.1) is 0 Å². The number of fused-ring (bicyclic) bond motifs is 1. The highest BCUT2D eigenvalue weighted by Gasteiger charge is 2.32. The fraction of sp³-hybridized carbons (Fsp3) is 0.667. The first-order valence-corrected chi connectivity index (χ1v) is 10.3. The summed E-state index contributed by atoms with van der Waals surface area (Å²) in [5, 5.41) is 3.45. The maximum absolute atomic E-state index is 5.98. The number of aliphatic imine (C=N–C) groups is 1. The van der Waals surface area contributed by atoms with E-state index >= 15 is 0 Å². The van der Waals surface area contributed by atoms with Crippen LogP contribution in [0.1, 0.15) is 30.9 Å². The van der Waals surface area contributed by atoms with Crippen LogP contribution in [0.15, 0.2) is 23.2 Å². The lowest BCUT2D eigenvalue weighted by atomic mass is 10.1. The quantitative estimate of drug-likeness (QED) is 0.632. The second-order valence-electron chi connectivity index (χ2n) is 7.43. The normalized spacial score (nSPS) is 25.4. The molecule has 1 aromatic rings. The highest BCUT2D eigenvalue weighted by Crippen LogP contribution is 2.26. The first kappa shape index (κ1) is 18.6. The molecule has 1 aromatic carbocycles. The van der Waals surface area contributed by atoms with Gasteiger partial charge in [0, 0.05) is 39.2 Å². The third-order valence-corrected chi connectivity index (χ3v) is 5.52. The summed E-state index contributed by atoms with van der Waals surface area (Å²) in [5.41, 5.74) is 2.66. The average molecular weight is 373 g/mol. The van der Waals surface area contributed by atoms with Gasteiger partial charge in [-0.15, -0.1) is 0 Å². The first-order valence-electron chi connectivity index (χ1n) is 10.3. The van der Waals surface area contributed by atoms with Crippen molar-refractivity contribution in [3.8, 4) is 5.75 Å². The van der Waals surface area contributed by atoms with Crippen molar-refractivity contribution < 1.29 is 14.2 Å². The maximum Gasteiger partial charge on any atom is 0.194 e. The minimum Gasteiger partial charge on any atom is -0.493 e. The molecule has 4 rings (SSSR count). The topological polar surface area (TPSA) is 55.3 Å². The second kappa shape index (κ2) is 8.93. The Morgan fingerprint density at radius 1 is 1.22 bits per heavy atom. The number of rotatable bonds is 5. The van der Waals surface area contributed by atoms with Gasteiger partial charge in [0.15, 0.2) is 5.96 Å². The zero-order chi connectivity index (χ0) is 18.5. The summed E-state index contributed by atoms with van der Waals surface area (Å²) < 4.78 is 17.4. The number of morpholine rings is 1. The number of benzene rings is 1. The van der Waals surface area contributed by atoms with Crippen LogP contribution in [0.5, 0.6) is 5.75 Å². The Balaban J connectivity index is 1.36. The van der Waals surface area contributed by atoms with E-state index in [4.69, 9.17) is 19.2 Å². The first-order chi connectivity index (χ1) is 13.3. The van der Waals surface area contributed by atoms with Crippen LogP contribution in [0.25, 0.3) is 0 Å². The smallest absolute Gasteiger partial charge is 0.194 e. The summed E-state index contributed by atoms with van der Waals surface area (Å²) in [6.45, 7) is 7.92. The highest BCUT2D eigenvalue weighted by atomic mass is 16.5. The van der Waals surface area contributed by atoms with E-state index < -0.39 is 0 Å². The molecule has 0 saturated carbocycles. The molecule has 1 N–H and O–H groups in total. The number of guanidine groups is 1. The van der Waals surface area contributed by atoms with Crippen molar-refractivity contribution in [2.24, 2.45) is 4.99 Å². The molecular weight excluding hydrogens is 342 g/mol. The van der Waals surface area contributed by atoms with Crippen molar-refractivity contribution >= 4 is 5.96 Å². The molecule has 27 heavy (non-hydrogen) atoms. The molecule has 0 aromatic heterocycles. The molecule has 2 unspecified atom stereocenters. The van der Waals surface area contributed by atoms with E-state index in [1.165, 1.54) is 11.1 Å². The Morgan fingerprint density at radius 3 is 3.00 bits per heavy atom. The van der Waals surface area contributed by atoms with Gasteiger partial charge in [-0.2, -0.15) is 0 Å². The second-order valence-corrected chi connectivity index (χ2v) is 7.43. The minimum atomic E-state index is 0.154. The van der Waals surface area contributed by atoms with Gasteiger partial charge in [-0.3, -0.25) is 4.99 Å². The van der Waals surface area contributed by atoms with Crippen LogP contribution in [0.3, 0.4) is 0 Å². The summed E-state index contributed by atoms with van der Waals surface area (Å²) in [6, 6.07) is 6.53. The Bertz CT molecular complexity index is 658. The molecule has 2 saturated heterocycles. The largest absolute Gasteiger partial charge is 0.493 e. The molecule has 2 fully saturated rings. The molecule has 148 valence electrons. The molecule has 3 heterocycles. The summed E-state index contributed by atoms with van der Waals surface area (Å²) in [5.74, 6) is 2.04. The van der Waals surface area contributed by atoms with Gasteiger partial charge in [0.25, 0.3) is 0 Å². The van der Waals surface area contributed by atoms with Crippen LogP contribution >= 0.6 is 0 Å². The van der Waals surface area contributed by atoms with E-state index in [1.807, 2.05) is 0 Å². The molecular formula is C21H31N3O3. The van der Waals surface area contributed by atoms with E-state index in [0.717, 1.165) is 83.4 Å². The van der Waals surface area contributed by atoms with E-state index in [9.17, 15) is 0 Å². The van der Waals surface area contributed by atoms with E-state index in [1.54, 1.807) is 0 Å². The molecule has 6 heteroatoms. The zero-order valence-electron chi connectivity index (χ0n) is 16.3. The van der Waals surface area contributed by atoms with Crippen LogP contribution in [-0.4, -0.2) is 69.1 Å². The lowest BCUT2D eigenvalue weighted by Gasteiger charge is -2.37. The molecule has 0 spiro atoms. The predicted octanol–water partition coefficient (Wildman–Crippen LogP) is 2.01. The summed E-state index contributed by atoms with van der Waals surface area (Å²) in [4.78, 5) is 7.22. The lowest BCUT2D eigenvalue weighted by molar-refractivity contribution is -0.0817. The van der Waals surface area contributed by atoms with Gasteiger partial charge in [0.2, 0.25) is 0 Å². The fourth-order valence-corrected chi connectivity index (χ4v) is 4.10. The van der Waals surface area contributed by atoms with E-state index in [0.29, 0.717) is 0 Å². The third kappa shape index (κ3) is 4.55. The monoisotopic (exact) mass is 373 g/mol. The highest BCUT2D eigenvalue weighted by molar-refractivity contribution is 5.80. The standard InChI is InChI=1S/C21H31N3O3/c1-2-22-21(24-10-13-27-20(15-24)19-4-3-11-25-19)23-9-7-16-5-6-18-17(14-16)8-12-26-18/h5-6,14,19-20H,2-4,7-13,15H2,1H3,(H,22,23). The molecule has 0 radical (unpaired) electrons. The van der Waals surface area contributed by atoms with Crippen molar-refractivity contribution in [2.75, 3.05) is 46.0 Å². The van der Waals surface area contributed by atoms with Gasteiger partial charge >= 0.3 is 0 Å². The Labute approximate surface area is 161 Å². The maximum atomic E-state index is 5.98. The Hall–Kier alpha value is -1.79. The molecule has 0 amide bonds. The lowest BCUT2D eigenvalue weighted by Crippen LogP contribution is -2.53. The predicted molar refractivity (Wildman–Crippen MR) is 106 cm³/mol. The minimum absolute atomic E-state index is 0.154. The van der Waals surface area contributed by atoms with Gasteiger partial charge < -0.3 is 24.4 Å². The van der Waals surface area contributed by atoms with E-state index in [-0.39, 0.29) is 12.2 Å². The number of nitrogens with zero attached hydrogens (tertiary/aromatic N) is 2. The van der Waals surface area contributed by atoms with E-state index in [2.05, 4.69) is 35.3 Å². The van der Waals surface area contributed by atoms with Gasteiger partial charge in [-0.25, -0.2) is 0 Å². The third-order valence-electron chi connectivity index (χ3n) is 5.52. The molecule has 3 aliphatic rings. The molecule has 0 aliphatic carbocycles. The zero-order valence-corrected chi connectivity index (χ0v) is 16.3. The van der Waals surface area contributed by atoms with Gasteiger partial charge in [0.1, 0.15) is 11.9 Å². The van der Waals surface area contributed by atoms with Gasteiger partial charge in [-0.1, -0.05) is 12.1 Å². The summed E-state index contributed by atoms with van der Waals surface area (Å²) in [6.07, 6.45) is 4.61.